The molecule has 1 heterocycles. The summed E-state index contributed by atoms with van der Waals surface area (Å²) in [5.41, 5.74) is 0.475. The van der Waals surface area contributed by atoms with Crippen molar-refractivity contribution in [1.29, 1.82) is 0 Å². The molecule has 0 spiro atoms. The van der Waals surface area contributed by atoms with Gasteiger partial charge in [0.15, 0.2) is 0 Å². The summed E-state index contributed by atoms with van der Waals surface area (Å²) in [6, 6.07) is 8.86. The zero-order valence-electron chi connectivity index (χ0n) is 10.1. The number of carbonyl (C=O) groups is 1. The third-order valence-electron chi connectivity index (χ3n) is 2.46. The van der Waals surface area contributed by atoms with Crippen molar-refractivity contribution < 1.29 is 9.53 Å². The second-order valence-corrected chi connectivity index (χ2v) is 6.72. The van der Waals surface area contributed by atoms with Crippen molar-refractivity contribution in [3.8, 4) is 5.75 Å². The average molecular weight is 361 g/mol. The van der Waals surface area contributed by atoms with Gasteiger partial charge in [-0.05, 0) is 46.3 Å². The number of nitrogens with one attached hydrogen (secondary N) is 1. The van der Waals surface area contributed by atoms with Crippen molar-refractivity contribution in [3.05, 3.63) is 49.6 Å². The van der Waals surface area contributed by atoms with Gasteiger partial charge >= 0.3 is 0 Å². The molecule has 6 heteroatoms. The van der Waals surface area contributed by atoms with Crippen LogP contribution in [-0.4, -0.2) is 13.0 Å². The van der Waals surface area contributed by atoms with Crippen LogP contribution in [0, 0.1) is 0 Å². The van der Waals surface area contributed by atoms with E-state index >= 15 is 0 Å². The molecule has 0 atom stereocenters. The van der Waals surface area contributed by atoms with Gasteiger partial charge in [-0.15, -0.1) is 11.3 Å². The number of thiophene rings is 1. The number of benzene rings is 1. The van der Waals surface area contributed by atoms with E-state index in [1.54, 1.807) is 29.5 Å². The van der Waals surface area contributed by atoms with Crippen LogP contribution >= 0.6 is 38.9 Å². The largest absolute Gasteiger partial charge is 0.496 e. The van der Waals surface area contributed by atoms with Crippen molar-refractivity contribution in [2.24, 2.45) is 0 Å². The lowest BCUT2D eigenvalue weighted by Crippen LogP contribution is -2.22. The average Bonchev–Trinajstić information content (AvgIpc) is 2.81. The first-order chi connectivity index (χ1) is 9.10. The fraction of sp³-hybridized carbons (Fsp3) is 0.154. The molecule has 0 unspecified atom stereocenters. The molecular weight excluding hydrogens is 350 g/mol. The summed E-state index contributed by atoms with van der Waals surface area (Å²) >= 11 is 10.8. The summed E-state index contributed by atoms with van der Waals surface area (Å²) in [5, 5.41) is 3.39. The van der Waals surface area contributed by atoms with Crippen LogP contribution in [0.3, 0.4) is 0 Å². The highest BCUT2D eigenvalue weighted by Gasteiger charge is 2.12. The van der Waals surface area contributed by atoms with Gasteiger partial charge < -0.3 is 10.1 Å². The maximum Gasteiger partial charge on any atom is 0.255 e. The van der Waals surface area contributed by atoms with E-state index in [1.165, 1.54) is 7.11 Å². The maximum absolute atomic E-state index is 12.1. The predicted octanol–water partition coefficient (Wildman–Crippen LogP) is 4.10. The van der Waals surface area contributed by atoms with E-state index in [-0.39, 0.29) is 5.91 Å². The third-order valence-corrected chi connectivity index (χ3v) is 4.32. The Morgan fingerprint density at radius 3 is 2.84 bits per heavy atom. The van der Waals surface area contributed by atoms with Crippen LogP contribution in [0.15, 0.2) is 34.1 Å². The first-order valence-electron chi connectivity index (χ1n) is 5.46. The SMILES string of the molecule is COc1cc(Cl)ccc1C(=O)NCc1ccc(Br)s1. The minimum atomic E-state index is -0.182. The van der Waals surface area contributed by atoms with E-state index in [0.717, 1.165) is 8.66 Å². The number of carbonyl (C=O) groups excluding carboxylic acids is 1. The minimum Gasteiger partial charge on any atom is -0.496 e. The lowest BCUT2D eigenvalue weighted by atomic mass is 10.2. The molecule has 0 aliphatic rings. The van der Waals surface area contributed by atoms with Crippen LogP contribution in [0.5, 0.6) is 5.75 Å². The summed E-state index contributed by atoms with van der Waals surface area (Å²) in [6.45, 7) is 0.487. The molecule has 0 aliphatic heterocycles. The van der Waals surface area contributed by atoms with Crippen LogP contribution in [-0.2, 0) is 6.54 Å². The Morgan fingerprint density at radius 1 is 1.42 bits per heavy atom. The number of hydrogen-bond acceptors (Lipinski definition) is 3. The first-order valence-corrected chi connectivity index (χ1v) is 7.45. The number of methoxy groups -OCH3 is 1. The highest BCUT2D eigenvalue weighted by molar-refractivity contribution is 9.11. The van der Waals surface area contributed by atoms with Crippen molar-refractivity contribution in [2.45, 2.75) is 6.54 Å². The number of hydrogen-bond donors (Lipinski definition) is 1. The Kier molecular flexibility index (Phi) is 4.85. The number of rotatable bonds is 4. The molecule has 1 aromatic heterocycles. The van der Waals surface area contributed by atoms with Crippen molar-refractivity contribution >= 4 is 44.8 Å². The summed E-state index contributed by atoms with van der Waals surface area (Å²) in [4.78, 5) is 13.2. The molecular formula is C13H11BrClNO2S. The van der Waals surface area contributed by atoms with Crippen molar-refractivity contribution in [3.63, 3.8) is 0 Å². The highest BCUT2D eigenvalue weighted by Crippen LogP contribution is 2.24. The lowest BCUT2D eigenvalue weighted by molar-refractivity contribution is 0.0948. The third kappa shape index (κ3) is 3.72. The van der Waals surface area contributed by atoms with E-state index in [1.807, 2.05) is 12.1 Å². The monoisotopic (exact) mass is 359 g/mol. The van der Waals surface area contributed by atoms with Gasteiger partial charge in [0.1, 0.15) is 5.75 Å². The fourth-order valence-corrected chi connectivity index (χ4v) is 3.15. The standard InChI is InChI=1S/C13H11BrClNO2S/c1-18-11-6-8(15)2-4-10(11)13(17)16-7-9-3-5-12(14)19-9/h2-6H,7H2,1H3,(H,16,17). The predicted molar refractivity (Wildman–Crippen MR) is 81.2 cm³/mol. The van der Waals surface area contributed by atoms with E-state index in [0.29, 0.717) is 22.9 Å². The zero-order valence-corrected chi connectivity index (χ0v) is 13.2. The second-order valence-electron chi connectivity index (χ2n) is 3.73. The van der Waals surface area contributed by atoms with Crippen LogP contribution in [0.2, 0.25) is 5.02 Å². The Bertz CT molecular complexity index is 600. The zero-order chi connectivity index (χ0) is 13.8. The van der Waals surface area contributed by atoms with Gasteiger partial charge in [0, 0.05) is 9.90 Å². The van der Waals surface area contributed by atoms with Crippen LogP contribution in [0.4, 0.5) is 0 Å². The molecule has 19 heavy (non-hydrogen) atoms. The Morgan fingerprint density at radius 2 is 2.21 bits per heavy atom. The summed E-state index contributed by atoms with van der Waals surface area (Å²) < 4.78 is 6.20. The molecule has 1 N–H and O–H groups in total. The molecule has 2 aromatic rings. The normalized spacial score (nSPS) is 10.3. The first kappa shape index (κ1) is 14.4. The smallest absolute Gasteiger partial charge is 0.255 e. The maximum atomic E-state index is 12.1. The van der Waals surface area contributed by atoms with Gasteiger partial charge in [-0.3, -0.25) is 4.79 Å². The molecule has 0 bridgehead atoms. The van der Waals surface area contributed by atoms with Gasteiger partial charge in [0.05, 0.1) is 23.0 Å². The van der Waals surface area contributed by atoms with Crippen LogP contribution < -0.4 is 10.1 Å². The summed E-state index contributed by atoms with van der Waals surface area (Å²) in [6.07, 6.45) is 0. The van der Waals surface area contributed by atoms with Crippen LogP contribution in [0.1, 0.15) is 15.2 Å². The lowest BCUT2D eigenvalue weighted by Gasteiger charge is -2.09. The molecule has 100 valence electrons. The van der Waals surface area contributed by atoms with E-state index in [2.05, 4.69) is 21.2 Å². The number of ether oxygens (including phenoxy) is 1. The molecule has 1 aromatic carbocycles. The topological polar surface area (TPSA) is 38.3 Å². The number of halogens is 2. The van der Waals surface area contributed by atoms with Gasteiger partial charge in [0.2, 0.25) is 0 Å². The molecule has 3 nitrogen and oxygen atoms in total. The van der Waals surface area contributed by atoms with Gasteiger partial charge in [-0.1, -0.05) is 11.6 Å². The van der Waals surface area contributed by atoms with E-state index in [9.17, 15) is 4.79 Å². The Labute approximate surface area is 128 Å². The molecule has 0 aliphatic carbocycles. The molecule has 1 amide bonds. The van der Waals surface area contributed by atoms with Gasteiger partial charge in [-0.2, -0.15) is 0 Å². The molecule has 0 fully saturated rings. The second kappa shape index (κ2) is 6.41. The molecule has 0 saturated carbocycles. The highest BCUT2D eigenvalue weighted by atomic mass is 79.9. The van der Waals surface area contributed by atoms with Gasteiger partial charge in [-0.25, -0.2) is 0 Å². The van der Waals surface area contributed by atoms with Gasteiger partial charge in [0.25, 0.3) is 5.91 Å². The summed E-state index contributed by atoms with van der Waals surface area (Å²) in [5.74, 6) is 0.287. The van der Waals surface area contributed by atoms with Crippen LogP contribution in [0.25, 0.3) is 0 Å². The molecule has 0 radical (unpaired) electrons. The molecule has 2 rings (SSSR count). The van der Waals surface area contributed by atoms with E-state index in [4.69, 9.17) is 16.3 Å². The Hall–Kier alpha value is -1.04. The summed E-state index contributed by atoms with van der Waals surface area (Å²) in [7, 11) is 1.51. The Balaban J connectivity index is 2.07. The van der Waals surface area contributed by atoms with Crippen molar-refractivity contribution in [1.82, 2.24) is 5.32 Å². The molecule has 0 saturated heterocycles. The number of amides is 1. The van der Waals surface area contributed by atoms with Crippen molar-refractivity contribution in [2.75, 3.05) is 7.11 Å². The van der Waals surface area contributed by atoms with E-state index < -0.39 is 0 Å². The quantitative estimate of drug-likeness (QED) is 0.891. The fourth-order valence-electron chi connectivity index (χ4n) is 1.56. The minimum absolute atomic E-state index is 0.182.